The van der Waals surface area contributed by atoms with E-state index < -0.39 is 5.97 Å². The van der Waals surface area contributed by atoms with Crippen LogP contribution in [0.25, 0.3) is 6.08 Å². The topological polar surface area (TPSA) is 67.8 Å². The van der Waals surface area contributed by atoms with Crippen molar-refractivity contribution in [2.75, 3.05) is 7.11 Å². The van der Waals surface area contributed by atoms with E-state index in [4.69, 9.17) is 0 Å². The van der Waals surface area contributed by atoms with Crippen molar-refractivity contribution >= 4 is 40.6 Å². The lowest BCUT2D eigenvalue weighted by atomic mass is 10.2. The molecule has 1 aliphatic rings. The zero-order valence-corrected chi connectivity index (χ0v) is 14.0. The van der Waals surface area contributed by atoms with Crippen LogP contribution in [0.5, 0.6) is 0 Å². The Hall–Kier alpha value is -2.93. The Morgan fingerprint density at radius 3 is 2.48 bits per heavy atom. The number of benzene rings is 2. The second kappa shape index (κ2) is 7.31. The number of halogens is 1. The molecule has 0 bridgehead atoms. The van der Waals surface area contributed by atoms with Crippen LogP contribution in [0.1, 0.15) is 15.9 Å². The number of hydrogen-bond donors (Lipinski definition) is 1. The number of nitrogens with one attached hydrogen (secondary N) is 1. The highest BCUT2D eigenvalue weighted by molar-refractivity contribution is 8.18. The van der Waals surface area contributed by atoms with Crippen LogP contribution in [0.15, 0.2) is 58.4 Å². The average Bonchev–Trinajstić information content (AvgIpc) is 2.96. The van der Waals surface area contributed by atoms with E-state index in [-0.39, 0.29) is 11.7 Å². The van der Waals surface area contributed by atoms with Gasteiger partial charge in [0.25, 0.3) is 5.91 Å². The van der Waals surface area contributed by atoms with Gasteiger partial charge in [0, 0.05) is 0 Å². The molecule has 7 heteroatoms. The van der Waals surface area contributed by atoms with Crippen molar-refractivity contribution in [3.63, 3.8) is 0 Å². The van der Waals surface area contributed by atoms with E-state index in [2.05, 4.69) is 15.0 Å². The molecule has 126 valence electrons. The fourth-order valence-corrected chi connectivity index (χ4v) is 2.94. The highest BCUT2D eigenvalue weighted by atomic mass is 32.2. The number of ether oxygens (including phenoxy) is 1. The predicted octanol–water partition coefficient (Wildman–Crippen LogP) is 3.50. The molecule has 1 amide bonds. The van der Waals surface area contributed by atoms with E-state index in [9.17, 15) is 14.0 Å². The van der Waals surface area contributed by atoms with Gasteiger partial charge in [0.05, 0.1) is 23.3 Å². The Labute approximate surface area is 147 Å². The number of esters is 1. The van der Waals surface area contributed by atoms with Gasteiger partial charge in [0.2, 0.25) is 0 Å². The van der Waals surface area contributed by atoms with Crippen molar-refractivity contribution < 1.29 is 18.7 Å². The van der Waals surface area contributed by atoms with Gasteiger partial charge in [0.1, 0.15) is 5.82 Å². The molecule has 0 radical (unpaired) electrons. The van der Waals surface area contributed by atoms with Crippen LogP contribution in [-0.2, 0) is 9.53 Å². The van der Waals surface area contributed by atoms with Crippen LogP contribution in [0.4, 0.5) is 10.1 Å². The Balaban J connectivity index is 1.76. The fourth-order valence-electron chi connectivity index (χ4n) is 2.10. The third-order valence-electron chi connectivity index (χ3n) is 3.34. The molecule has 0 saturated carbocycles. The Morgan fingerprint density at radius 2 is 1.84 bits per heavy atom. The van der Waals surface area contributed by atoms with Crippen LogP contribution in [-0.4, -0.2) is 24.2 Å². The van der Waals surface area contributed by atoms with Crippen molar-refractivity contribution in [2.45, 2.75) is 0 Å². The second-order valence-electron chi connectivity index (χ2n) is 5.07. The lowest BCUT2D eigenvalue weighted by Crippen LogP contribution is -2.19. The fraction of sp³-hybridized carbons (Fsp3) is 0.0556. The van der Waals surface area contributed by atoms with E-state index in [0.29, 0.717) is 21.3 Å². The number of carbonyl (C=O) groups excluding carboxylic acids is 2. The average molecular weight is 356 g/mol. The van der Waals surface area contributed by atoms with E-state index in [1.807, 2.05) is 0 Å². The van der Waals surface area contributed by atoms with Gasteiger partial charge in [-0.1, -0.05) is 12.1 Å². The minimum absolute atomic E-state index is 0.265. The van der Waals surface area contributed by atoms with Crippen LogP contribution >= 0.6 is 11.8 Å². The van der Waals surface area contributed by atoms with Crippen molar-refractivity contribution in [2.24, 2.45) is 4.99 Å². The first-order chi connectivity index (χ1) is 12.0. The number of methoxy groups -OCH3 is 1. The lowest BCUT2D eigenvalue weighted by Gasteiger charge is -2.00. The molecule has 1 aliphatic heterocycles. The number of amidine groups is 1. The molecule has 0 aromatic heterocycles. The molecule has 0 unspecified atom stereocenters. The molecular weight excluding hydrogens is 343 g/mol. The maximum Gasteiger partial charge on any atom is 0.337 e. The monoisotopic (exact) mass is 356 g/mol. The van der Waals surface area contributed by atoms with Crippen LogP contribution < -0.4 is 5.32 Å². The quantitative estimate of drug-likeness (QED) is 0.675. The summed E-state index contributed by atoms with van der Waals surface area (Å²) in [4.78, 5) is 28.2. The number of carbonyl (C=O) groups is 2. The summed E-state index contributed by atoms with van der Waals surface area (Å²) in [6.45, 7) is 0. The van der Waals surface area contributed by atoms with E-state index in [1.54, 1.807) is 42.5 Å². The van der Waals surface area contributed by atoms with E-state index >= 15 is 0 Å². The van der Waals surface area contributed by atoms with Crippen LogP contribution in [0, 0.1) is 5.82 Å². The number of rotatable bonds is 3. The normalized spacial score (nSPS) is 17.0. The standard InChI is InChI=1S/C18H13FN2O3S/c1-24-17(23)12-4-8-14(9-5-12)20-18-21-16(22)15(25-18)10-11-2-6-13(19)7-3-11/h2-10H,1H3,(H,20,21,22). The third kappa shape index (κ3) is 4.13. The van der Waals surface area contributed by atoms with Gasteiger partial charge in [-0.05, 0) is 59.8 Å². The molecule has 2 aromatic rings. The first-order valence-electron chi connectivity index (χ1n) is 7.29. The maximum absolute atomic E-state index is 12.9. The minimum atomic E-state index is -0.424. The number of thioether (sulfide) groups is 1. The highest BCUT2D eigenvalue weighted by Gasteiger charge is 2.23. The molecule has 1 N–H and O–H groups in total. The van der Waals surface area contributed by atoms with Crippen molar-refractivity contribution in [3.05, 3.63) is 70.4 Å². The smallest absolute Gasteiger partial charge is 0.337 e. The lowest BCUT2D eigenvalue weighted by molar-refractivity contribution is -0.115. The minimum Gasteiger partial charge on any atom is -0.465 e. The third-order valence-corrected chi connectivity index (χ3v) is 4.25. The summed E-state index contributed by atoms with van der Waals surface area (Å²) in [6, 6.07) is 12.4. The molecular formula is C18H13FN2O3S. The molecule has 0 spiro atoms. The SMILES string of the molecule is COC(=O)c1ccc(N=C2NC(=O)C(=Cc3ccc(F)cc3)S2)cc1. The second-order valence-corrected chi connectivity index (χ2v) is 6.10. The summed E-state index contributed by atoms with van der Waals surface area (Å²) in [5, 5.41) is 3.11. The number of hydrogen-bond acceptors (Lipinski definition) is 5. The molecule has 1 saturated heterocycles. The van der Waals surface area contributed by atoms with Crippen molar-refractivity contribution in [3.8, 4) is 0 Å². The largest absolute Gasteiger partial charge is 0.465 e. The zero-order chi connectivity index (χ0) is 17.8. The van der Waals surface area contributed by atoms with Gasteiger partial charge < -0.3 is 10.1 Å². The first-order valence-corrected chi connectivity index (χ1v) is 8.10. The van der Waals surface area contributed by atoms with Crippen LogP contribution in [0.2, 0.25) is 0 Å². The first kappa shape index (κ1) is 16.9. The molecule has 25 heavy (non-hydrogen) atoms. The molecule has 1 heterocycles. The molecule has 0 atom stereocenters. The molecule has 5 nitrogen and oxygen atoms in total. The summed E-state index contributed by atoms with van der Waals surface area (Å²) >= 11 is 1.19. The highest BCUT2D eigenvalue weighted by Crippen LogP contribution is 2.28. The van der Waals surface area contributed by atoms with Gasteiger partial charge in [-0.3, -0.25) is 4.79 Å². The Kier molecular flexibility index (Phi) is 4.95. The summed E-state index contributed by atoms with van der Waals surface area (Å²) in [7, 11) is 1.32. The van der Waals surface area contributed by atoms with Gasteiger partial charge >= 0.3 is 5.97 Å². The van der Waals surface area contributed by atoms with E-state index in [1.165, 1.54) is 31.0 Å². The van der Waals surface area contributed by atoms with Gasteiger partial charge in [-0.15, -0.1) is 0 Å². The van der Waals surface area contributed by atoms with Gasteiger partial charge in [-0.25, -0.2) is 14.2 Å². The molecule has 2 aromatic carbocycles. The maximum atomic E-state index is 12.9. The molecule has 0 aliphatic carbocycles. The summed E-state index contributed by atoms with van der Waals surface area (Å²) < 4.78 is 17.6. The Morgan fingerprint density at radius 1 is 1.16 bits per heavy atom. The molecule has 1 fully saturated rings. The van der Waals surface area contributed by atoms with Gasteiger partial charge in [0.15, 0.2) is 5.17 Å². The van der Waals surface area contributed by atoms with Crippen molar-refractivity contribution in [1.29, 1.82) is 0 Å². The van der Waals surface area contributed by atoms with E-state index in [0.717, 1.165) is 5.56 Å². The molecule has 3 rings (SSSR count). The van der Waals surface area contributed by atoms with Gasteiger partial charge in [-0.2, -0.15) is 0 Å². The number of nitrogens with zero attached hydrogens (tertiary/aromatic N) is 1. The summed E-state index contributed by atoms with van der Waals surface area (Å²) in [5.41, 5.74) is 1.74. The number of amides is 1. The predicted molar refractivity (Wildman–Crippen MR) is 95.0 cm³/mol. The summed E-state index contributed by atoms with van der Waals surface area (Å²) in [5.74, 6) is -1.02. The zero-order valence-electron chi connectivity index (χ0n) is 13.2. The Bertz CT molecular complexity index is 874. The number of aliphatic imine (C=N–C) groups is 1. The van der Waals surface area contributed by atoms with Crippen LogP contribution in [0.3, 0.4) is 0 Å². The summed E-state index contributed by atoms with van der Waals surface area (Å²) in [6.07, 6.45) is 1.67. The van der Waals surface area contributed by atoms with Crippen molar-refractivity contribution in [1.82, 2.24) is 5.32 Å².